The van der Waals surface area contributed by atoms with Gasteiger partial charge in [-0.15, -0.1) is 0 Å². The molecule has 10 nitrogen and oxygen atoms in total. The highest BCUT2D eigenvalue weighted by molar-refractivity contribution is 6.33. The van der Waals surface area contributed by atoms with E-state index in [1.54, 1.807) is 28.5 Å². The number of hydrogen-bond acceptors (Lipinski definition) is 7. The molecule has 41 heavy (non-hydrogen) atoms. The van der Waals surface area contributed by atoms with Crippen LogP contribution in [0, 0.1) is 0 Å². The molecule has 0 bridgehead atoms. The van der Waals surface area contributed by atoms with Gasteiger partial charge in [-0.3, -0.25) is 14.4 Å². The first-order chi connectivity index (χ1) is 19.4. The van der Waals surface area contributed by atoms with Crippen molar-refractivity contribution in [2.45, 2.75) is 45.5 Å². The molecule has 3 heterocycles. The van der Waals surface area contributed by atoms with E-state index in [0.717, 1.165) is 24.6 Å². The minimum Gasteiger partial charge on any atom is -0.363 e. The topological polar surface area (TPSA) is 104 Å². The molecule has 1 aliphatic rings. The molecule has 220 valence electrons. The minimum absolute atomic E-state index is 0.0186. The number of carbonyl (C=O) groups is 2. The maximum absolute atomic E-state index is 13.9. The molecule has 0 saturated carbocycles. The molecule has 1 atom stereocenters. The van der Waals surface area contributed by atoms with Crippen LogP contribution in [0.3, 0.4) is 0 Å². The minimum atomic E-state index is -4.58. The van der Waals surface area contributed by atoms with Crippen molar-refractivity contribution >= 4 is 52.3 Å². The SMILES string of the molecule is CCc1c(N2CCN(C=O)C(CC)C2)c(=O)c2nc(N(C)C)cnc2n1CC(=O)Nc1ccc(C(F)(F)F)cc1Cl. The van der Waals surface area contributed by atoms with Gasteiger partial charge in [-0.25, -0.2) is 9.97 Å². The van der Waals surface area contributed by atoms with Crippen LogP contribution < -0.4 is 20.5 Å². The van der Waals surface area contributed by atoms with E-state index in [2.05, 4.69) is 15.3 Å². The van der Waals surface area contributed by atoms with Crippen molar-refractivity contribution in [3.63, 3.8) is 0 Å². The summed E-state index contributed by atoms with van der Waals surface area (Å²) in [6.45, 7) is 4.79. The fraction of sp³-hybridized carbons (Fsp3) is 0.444. The zero-order valence-electron chi connectivity index (χ0n) is 23.1. The highest BCUT2D eigenvalue weighted by Gasteiger charge is 2.32. The number of aromatic nitrogens is 3. The summed E-state index contributed by atoms with van der Waals surface area (Å²) in [5.74, 6) is -0.123. The van der Waals surface area contributed by atoms with Gasteiger partial charge in [-0.2, -0.15) is 13.2 Å². The van der Waals surface area contributed by atoms with Crippen LogP contribution in [0.4, 0.5) is 30.4 Å². The first-order valence-electron chi connectivity index (χ1n) is 13.1. The first kappa shape index (κ1) is 30.1. The summed E-state index contributed by atoms with van der Waals surface area (Å²) >= 11 is 6.06. The molecule has 14 heteroatoms. The van der Waals surface area contributed by atoms with Crippen molar-refractivity contribution < 1.29 is 22.8 Å². The molecule has 4 rings (SSSR count). The van der Waals surface area contributed by atoms with Crippen LogP contribution in [0.1, 0.15) is 31.5 Å². The second-order valence-electron chi connectivity index (χ2n) is 9.95. The van der Waals surface area contributed by atoms with Gasteiger partial charge in [0.15, 0.2) is 11.2 Å². The van der Waals surface area contributed by atoms with Gasteiger partial charge in [0.25, 0.3) is 0 Å². The van der Waals surface area contributed by atoms with E-state index in [1.807, 2.05) is 18.7 Å². The number of carbonyl (C=O) groups excluding carboxylic acids is 2. The Balaban J connectivity index is 1.80. The van der Waals surface area contributed by atoms with Crippen molar-refractivity contribution in [3.05, 3.63) is 50.9 Å². The van der Waals surface area contributed by atoms with E-state index < -0.39 is 17.6 Å². The second-order valence-corrected chi connectivity index (χ2v) is 10.4. The van der Waals surface area contributed by atoms with Gasteiger partial charge in [0.2, 0.25) is 17.7 Å². The Bertz CT molecular complexity index is 1530. The lowest BCUT2D eigenvalue weighted by Crippen LogP contribution is -2.53. The predicted octanol–water partition coefficient (Wildman–Crippen LogP) is 3.79. The number of amides is 2. The standard InChI is InChI=1S/C27H31ClF3N7O3/c1-5-17-13-36(9-10-37(17)15-39)24-20(6-2)38(26-23(25(24)41)34-21(12-32-26)35(3)4)14-22(40)33-19-8-7-16(11-18(19)28)27(29,30)31/h7-8,11-12,15,17H,5-6,9-10,13-14H2,1-4H3,(H,33,40). The molecule has 3 aromatic rings. The summed E-state index contributed by atoms with van der Waals surface area (Å²) in [5.41, 5.74) is -0.0260. The molecule has 0 radical (unpaired) electrons. The summed E-state index contributed by atoms with van der Waals surface area (Å²) in [7, 11) is 3.53. The molecular weight excluding hydrogens is 563 g/mol. The number of piperazine rings is 1. The third-order valence-electron chi connectivity index (χ3n) is 7.14. The van der Waals surface area contributed by atoms with Gasteiger partial charge in [-0.1, -0.05) is 25.4 Å². The van der Waals surface area contributed by atoms with Crippen LogP contribution in [0.2, 0.25) is 5.02 Å². The van der Waals surface area contributed by atoms with Gasteiger partial charge in [0.05, 0.1) is 22.5 Å². The third-order valence-corrected chi connectivity index (χ3v) is 7.45. The molecule has 1 aliphatic heterocycles. The summed E-state index contributed by atoms with van der Waals surface area (Å²) in [4.78, 5) is 53.1. The lowest BCUT2D eigenvalue weighted by atomic mass is 10.1. The zero-order valence-corrected chi connectivity index (χ0v) is 23.9. The normalized spacial score (nSPS) is 15.8. The lowest BCUT2D eigenvalue weighted by Gasteiger charge is -2.41. The molecule has 1 aromatic carbocycles. The molecule has 0 aliphatic carbocycles. The molecule has 1 saturated heterocycles. The van der Waals surface area contributed by atoms with E-state index in [9.17, 15) is 27.6 Å². The summed E-state index contributed by atoms with van der Waals surface area (Å²) in [6.07, 6.45) is -1.20. The van der Waals surface area contributed by atoms with Crippen LogP contribution in [-0.4, -0.2) is 71.5 Å². The van der Waals surface area contributed by atoms with Gasteiger partial charge < -0.3 is 24.6 Å². The molecule has 1 fully saturated rings. The van der Waals surface area contributed by atoms with Crippen molar-refractivity contribution in [2.75, 3.05) is 48.8 Å². The van der Waals surface area contributed by atoms with Crippen LogP contribution in [-0.2, 0) is 28.7 Å². The summed E-state index contributed by atoms with van der Waals surface area (Å²) in [5, 5.41) is 2.31. The first-order valence-corrected chi connectivity index (χ1v) is 13.5. The maximum atomic E-state index is 13.9. The monoisotopic (exact) mass is 593 g/mol. The number of anilines is 3. The molecule has 2 amide bonds. The Hall–Kier alpha value is -3.87. The highest BCUT2D eigenvalue weighted by atomic mass is 35.5. The molecule has 1 unspecified atom stereocenters. The van der Waals surface area contributed by atoms with Crippen LogP contribution in [0.5, 0.6) is 0 Å². The largest absolute Gasteiger partial charge is 0.416 e. The Labute approximate surface area is 239 Å². The zero-order chi connectivity index (χ0) is 30.1. The van der Waals surface area contributed by atoms with Gasteiger partial charge in [0.1, 0.15) is 18.1 Å². The van der Waals surface area contributed by atoms with Crippen LogP contribution in [0.15, 0.2) is 29.2 Å². The van der Waals surface area contributed by atoms with Crippen LogP contribution in [0.25, 0.3) is 11.2 Å². The second kappa shape index (κ2) is 11.9. The average molecular weight is 594 g/mol. The molecule has 1 N–H and O–H groups in total. The number of nitrogens with zero attached hydrogens (tertiary/aromatic N) is 6. The van der Waals surface area contributed by atoms with Crippen molar-refractivity contribution in [2.24, 2.45) is 0 Å². The summed E-state index contributed by atoms with van der Waals surface area (Å²) in [6, 6.07) is 2.58. The number of nitrogens with one attached hydrogen (secondary N) is 1. The average Bonchev–Trinajstić information content (AvgIpc) is 2.94. The fourth-order valence-corrected chi connectivity index (χ4v) is 5.22. The number of halogens is 4. The number of pyridine rings is 1. The quantitative estimate of drug-likeness (QED) is 0.396. The number of rotatable bonds is 8. The fourth-order valence-electron chi connectivity index (χ4n) is 4.99. The van der Waals surface area contributed by atoms with Crippen molar-refractivity contribution in [3.8, 4) is 0 Å². The summed E-state index contributed by atoms with van der Waals surface area (Å²) < 4.78 is 40.8. The number of benzene rings is 1. The Kier molecular flexibility index (Phi) is 8.76. The number of alkyl halides is 3. The Morgan fingerprint density at radius 2 is 1.98 bits per heavy atom. The predicted molar refractivity (Wildman–Crippen MR) is 152 cm³/mol. The Morgan fingerprint density at radius 3 is 2.56 bits per heavy atom. The van der Waals surface area contributed by atoms with Gasteiger partial charge in [0, 0.05) is 45.5 Å². The maximum Gasteiger partial charge on any atom is 0.416 e. The van der Waals surface area contributed by atoms with Gasteiger partial charge >= 0.3 is 6.18 Å². The van der Waals surface area contributed by atoms with Crippen LogP contribution >= 0.6 is 11.6 Å². The molecule has 0 spiro atoms. The van der Waals surface area contributed by atoms with Crippen molar-refractivity contribution in [1.82, 2.24) is 19.4 Å². The smallest absolute Gasteiger partial charge is 0.363 e. The third kappa shape index (κ3) is 6.09. The van der Waals surface area contributed by atoms with E-state index >= 15 is 0 Å². The van der Waals surface area contributed by atoms with E-state index in [1.165, 1.54) is 6.20 Å². The van der Waals surface area contributed by atoms with Crippen molar-refractivity contribution in [1.29, 1.82) is 0 Å². The van der Waals surface area contributed by atoms with E-state index in [-0.39, 0.29) is 39.9 Å². The van der Waals surface area contributed by atoms with E-state index in [0.29, 0.717) is 49.7 Å². The number of fused-ring (bicyclic) bond motifs is 1. The van der Waals surface area contributed by atoms with E-state index in [4.69, 9.17) is 11.6 Å². The Morgan fingerprint density at radius 1 is 1.24 bits per heavy atom. The van der Waals surface area contributed by atoms with Gasteiger partial charge in [-0.05, 0) is 31.0 Å². The lowest BCUT2D eigenvalue weighted by molar-refractivity contribution is -0.137. The molecular formula is C27H31ClF3N7O3. The molecule has 2 aromatic heterocycles. The highest BCUT2D eigenvalue weighted by Crippen LogP contribution is 2.34. The number of hydrogen-bond donors (Lipinski definition) is 1.